The van der Waals surface area contributed by atoms with Crippen LogP contribution in [0.1, 0.15) is 361 Å². The van der Waals surface area contributed by atoms with Gasteiger partial charge in [0.05, 0.1) is 25.4 Å². The van der Waals surface area contributed by atoms with Crippen LogP contribution in [0.3, 0.4) is 0 Å². The van der Waals surface area contributed by atoms with Crippen LogP contribution in [0.5, 0.6) is 0 Å². The van der Waals surface area contributed by atoms with E-state index in [2.05, 4.69) is 43.5 Å². The first-order valence-electron chi connectivity index (χ1n) is 33.3. The van der Waals surface area contributed by atoms with Crippen LogP contribution < -0.4 is 5.32 Å². The Labute approximate surface area is 462 Å². The minimum Gasteiger partial charge on any atom is -0.466 e. The largest absolute Gasteiger partial charge is 0.466 e. The lowest BCUT2D eigenvalue weighted by Gasteiger charge is -2.20. The fraction of sp³-hybridized carbons (Fsp3) is 0.882. The smallest absolute Gasteiger partial charge is 0.305 e. The highest BCUT2D eigenvalue weighted by atomic mass is 16.5. The Bertz CT molecular complexity index is 1200. The van der Waals surface area contributed by atoms with E-state index in [9.17, 15) is 19.8 Å². The molecule has 0 saturated carbocycles. The van der Waals surface area contributed by atoms with Crippen molar-refractivity contribution in [2.45, 2.75) is 373 Å². The minimum atomic E-state index is -0.839. The van der Waals surface area contributed by atoms with Crippen molar-refractivity contribution in [3.8, 4) is 0 Å². The van der Waals surface area contributed by atoms with Gasteiger partial charge in [0.1, 0.15) is 0 Å². The number of aliphatic hydroxyl groups is 2. The SMILES string of the molecule is CCCCCC/C=C\C/C=C\CCCCCCCC(=O)OCCCCCCCCCCCCCCCCCCCCCCCCCCCCCCCCCCC(=O)NC(CO)C(O)/C=C/CCCCCCCCC. The quantitative estimate of drug-likeness (QED) is 0.0320. The standard InChI is InChI=1S/C68H129NO5/c1-3-5-7-9-11-13-14-15-16-36-39-42-46-50-54-58-62-68(73)74-63-59-55-51-47-43-40-37-34-32-30-28-26-24-22-20-18-17-19-21-23-25-27-29-31-33-35-38-41-45-49-53-57-61-67(72)69-65(64-70)66(71)60-56-52-48-44-12-10-8-6-4-2/h13-14,16,36,56,60,65-66,70-71H,3-12,15,17-35,37-55,57-59,61-64H2,1-2H3,(H,69,72)/b14-13-,36-16-,60-56+. The highest BCUT2D eigenvalue weighted by Crippen LogP contribution is 2.18. The highest BCUT2D eigenvalue weighted by Gasteiger charge is 2.18. The highest BCUT2D eigenvalue weighted by molar-refractivity contribution is 5.76. The fourth-order valence-electron chi connectivity index (χ4n) is 10.3. The van der Waals surface area contributed by atoms with Crippen LogP contribution in [0.25, 0.3) is 0 Å². The summed E-state index contributed by atoms with van der Waals surface area (Å²) in [5, 5.41) is 23.0. The Balaban J connectivity index is 3.30. The summed E-state index contributed by atoms with van der Waals surface area (Å²) in [4.78, 5) is 24.5. The fourth-order valence-corrected chi connectivity index (χ4v) is 10.3. The lowest BCUT2D eigenvalue weighted by atomic mass is 10.0. The van der Waals surface area contributed by atoms with Crippen LogP contribution in [0.4, 0.5) is 0 Å². The van der Waals surface area contributed by atoms with E-state index in [0.717, 1.165) is 51.4 Å². The molecule has 1 amide bonds. The number of hydrogen-bond acceptors (Lipinski definition) is 5. The molecule has 2 atom stereocenters. The second-order valence-electron chi connectivity index (χ2n) is 22.8. The molecule has 3 N–H and O–H groups in total. The molecule has 0 fully saturated rings. The molecule has 0 aliphatic heterocycles. The summed E-state index contributed by atoms with van der Waals surface area (Å²) in [5.41, 5.74) is 0. The Morgan fingerprint density at radius 3 is 1.04 bits per heavy atom. The van der Waals surface area contributed by atoms with Crippen molar-refractivity contribution in [2.75, 3.05) is 13.2 Å². The van der Waals surface area contributed by atoms with Crippen molar-refractivity contribution in [1.29, 1.82) is 0 Å². The molecule has 0 aliphatic rings. The van der Waals surface area contributed by atoms with E-state index in [4.69, 9.17) is 4.74 Å². The van der Waals surface area contributed by atoms with E-state index in [1.54, 1.807) is 6.08 Å². The van der Waals surface area contributed by atoms with E-state index in [0.29, 0.717) is 19.4 Å². The zero-order valence-corrected chi connectivity index (χ0v) is 49.8. The van der Waals surface area contributed by atoms with Gasteiger partial charge in [-0.2, -0.15) is 0 Å². The van der Waals surface area contributed by atoms with Crippen molar-refractivity contribution in [2.24, 2.45) is 0 Å². The Hall–Kier alpha value is -1.92. The molecule has 0 spiro atoms. The molecule has 0 bridgehead atoms. The van der Waals surface area contributed by atoms with E-state index in [1.165, 1.54) is 283 Å². The number of hydrogen-bond donors (Lipinski definition) is 3. The first-order valence-corrected chi connectivity index (χ1v) is 33.3. The van der Waals surface area contributed by atoms with E-state index in [1.807, 2.05) is 6.08 Å². The number of nitrogens with one attached hydrogen (secondary N) is 1. The van der Waals surface area contributed by atoms with Gasteiger partial charge in [-0.05, 0) is 64.2 Å². The predicted octanol–water partition coefficient (Wildman–Crippen LogP) is 21.1. The summed E-state index contributed by atoms with van der Waals surface area (Å²) in [6.45, 7) is 4.87. The molecule has 0 aromatic carbocycles. The van der Waals surface area contributed by atoms with Crippen LogP contribution in [-0.4, -0.2) is 47.4 Å². The summed E-state index contributed by atoms with van der Waals surface area (Å²) >= 11 is 0. The van der Waals surface area contributed by atoms with Crippen molar-refractivity contribution >= 4 is 11.9 Å². The third-order valence-corrected chi connectivity index (χ3v) is 15.4. The van der Waals surface area contributed by atoms with Crippen molar-refractivity contribution in [3.05, 3.63) is 36.5 Å². The molecule has 0 rings (SSSR count). The Morgan fingerprint density at radius 2 is 0.676 bits per heavy atom. The van der Waals surface area contributed by atoms with Crippen molar-refractivity contribution in [1.82, 2.24) is 5.32 Å². The number of esters is 1. The summed E-state index contributed by atoms with van der Waals surface area (Å²) in [5.74, 6) is -0.0579. The molecule has 6 heteroatoms. The maximum atomic E-state index is 12.4. The van der Waals surface area contributed by atoms with Crippen LogP contribution in [0, 0.1) is 0 Å². The van der Waals surface area contributed by atoms with Gasteiger partial charge in [-0.3, -0.25) is 9.59 Å². The molecule has 436 valence electrons. The zero-order chi connectivity index (χ0) is 53.6. The molecule has 0 aliphatic carbocycles. The molecular formula is C68H129NO5. The number of carbonyl (C=O) groups excluding carboxylic acids is 2. The average Bonchev–Trinajstić information content (AvgIpc) is 3.40. The van der Waals surface area contributed by atoms with Crippen LogP contribution >= 0.6 is 0 Å². The third-order valence-electron chi connectivity index (χ3n) is 15.4. The molecule has 0 heterocycles. The molecule has 6 nitrogen and oxygen atoms in total. The second kappa shape index (κ2) is 63.6. The molecule has 74 heavy (non-hydrogen) atoms. The maximum Gasteiger partial charge on any atom is 0.305 e. The van der Waals surface area contributed by atoms with Gasteiger partial charge in [-0.25, -0.2) is 0 Å². The van der Waals surface area contributed by atoms with Gasteiger partial charge in [0.25, 0.3) is 0 Å². The Morgan fingerprint density at radius 1 is 0.378 bits per heavy atom. The van der Waals surface area contributed by atoms with Crippen LogP contribution in [-0.2, 0) is 14.3 Å². The van der Waals surface area contributed by atoms with E-state index >= 15 is 0 Å². The van der Waals surface area contributed by atoms with Crippen molar-refractivity contribution < 1.29 is 24.5 Å². The summed E-state index contributed by atoms with van der Waals surface area (Å²) in [7, 11) is 0. The normalized spacial score (nSPS) is 12.8. The lowest BCUT2D eigenvalue weighted by Crippen LogP contribution is -2.45. The summed E-state index contributed by atoms with van der Waals surface area (Å²) < 4.78 is 5.49. The van der Waals surface area contributed by atoms with Gasteiger partial charge in [-0.15, -0.1) is 0 Å². The molecule has 0 aromatic rings. The van der Waals surface area contributed by atoms with Gasteiger partial charge in [0.2, 0.25) is 5.91 Å². The minimum absolute atomic E-state index is 0.00742. The first-order chi connectivity index (χ1) is 36.5. The summed E-state index contributed by atoms with van der Waals surface area (Å²) in [6.07, 6.45) is 80.9. The molecule has 0 saturated heterocycles. The first kappa shape index (κ1) is 72.1. The number of ether oxygens (including phenoxy) is 1. The van der Waals surface area contributed by atoms with Gasteiger partial charge in [0.15, 0.2) is 0 Å². The van der Waals surface area contributed by atoms with Gasteiger partial charge in [-0.1, -0.05) is 320 Å². The number of amides is 1. The number of unbranched alkanes of at least 4 members (excludes halogenated alkanes) is 47. The van der Waals surface area contributed by atoms with Gasteiger partial charge in [0, 0.05) is 12.8 Å². The molecular weight excluding hydrogens is 911 g/mol. The topological polar surface area (TPSA) is 95.9 Å². The zero-order valence-electron chi connectivity index (χ0n) is 49.8. The number of rotatable bonds is 62. The predicted molar refractivity (Wildman–Crippen MR) is 324 cm³/mol. The monoisotopic (exact) mass is 1040 g/mol. The number of aliphatic hydroxyl groups excluding tert-OH is 2. The maximum absolute atomic E-state index is 12.4. The number of allylic oxidation sites excluding steroid dienone is 5. The molecule has 0 aromatic heterocycles. The Kier molecular flexibility index (Phi) is 62.0. The molecule has 0 radical (unpaired) electrons. The van der Waals surface area contributed by atoms with Gasteiger partial charge >= 0.3 is 5.97 Å². The van der Waals surface area contributed by atoms with Gasteiger partial charge < -0.3 is 20.3 Å². The lowest BCUT2D eigenvalue weighted by molar-refractivity contribution is -0.143. The number of carbonyl (C=O) groups is 2. The molecule has 2 unspecified atom stereocenters. The average molecular weight is 1040 g/mol. The third kappa shape index (κ3) is 59.3. The van der Waals surface area contributed by atoms with E-state index < -0.39 is 12.1 Å². The van der Waals surface area contributed by atoms with Crippen LogP contribution in [0.15, 0.2) is 36.5 Å². The summed E-state index contributed by atoms with van der Waals surface area (Å²) in [6, 6.07) is -0.622. The second-order valence-corrected chi connectivity index (χ2v) is 22.8. The van der Waals surface area contributed by atoms with Crippen LogP contribution in [0.2, 0.25) is 0 Å². The van der Waals surface area contributed by atoms with E-state index in [-0.39, 0.29) is 18.5 Å². The van der Waals surface area contributed by atoms with Crippen molar-refractivity contribution in [3.63, 3.8) is 0 Å².